The van der Waals surface area contributed by atoms with Crippen molar-refractivity contribution < 1.29 is 9.53 Å². The zero-order valence-corrected chi connectivity index (χ0v) is 15.2. The van der Waals surface area contributed by atoms with Gasteiger partial charge in [-0.15, -0.1) is 11.3 Å². The summed E-state index contributed by atoms with van der Waals surface area (Å²) in [5.74, 6) is 0.0852. The molecule has 1 amide bonds. The Labute approximate surface area is 147 Å². The quantitative estimate of drug-likeness (QED) is 0.538. The minimum Gasteiger partial charge on any atom is -0.482 e. The fraction of sp³-hybridized carbons (Fsp3) is 0.0769. The van der Waals surface area contributed by atoms with Crippen LogP contribution in [0.15, 0.2) is 43.7 Å². The van der Waals surface area contributed by atoms with E-state index in [-0.39, 0.29) is 12.5 Å². The zero-order valence-electron chi connectivity index (χ0n) is 10.5. The summed E-state index contributed by atoms with van der Waals surface area (Å²) in [6.07, 6.45) is 1.57. The number of carbonyl (C=O) groups is 1. The molecule has 0 radical (unpaired) electrons. The summed E-state index contributed by atoms with van der Waals surface area (Å²) >= 11 is 14.1. The van der Waals surface area contributed by atoms with Crippen LogP contribution in [-0.4, -0.2) is 18.7 Å². The van der Waals surface area contributed by atoms with Crippen LogP contribution < -0.4 is 10.2 Å². The van der Waals surface area contributed by atoms with E-state index in [1.54, 1.807) is 24.4 Å². The van der Waals surface area contributed by atoms with Crippen molar-refractivity contribution in [2.45, 2.75) is 0 Å². The van der Waals surface area contributed by atoms with Gasteiger partial charge >= 0.3 is 0 Å². The topological polar surface area (TPSA) is 50.7 Å². The highest BCUT2D eigenvalue weighted by atomic mass is 79.9. The van der Waals surface area contributed by atoms with E-state index in [0.29, 0.717) is 10.8 Å². The van der Waals surface area contributed by atoms with Gasteiger partial charge in [-0.2, -0.15) is 5.10 Å². The molecular weight excluding hydrogens is 443 g/mol. The highest BCUT2D eigenvalue weighted by molar-refractivity contribution is 9.11. The maximum atomic E-state index is 11.6. The SMILES string of the molecule is O=C(COc1ccc(Br)cc1Cl)N/N=C/c1ccc(Br)s1. The first-order valence-corrected chi connectivity index (χ1v) is 8.48. The maximum Gasteiger partial charge on any atom is 0.277 e. The monoisotopic (exact) mass is 450 g/mol. The Morgan fingerprint density at radius 1 is 1.38 bits per heavy atom. The summed E-state index contributed by atoms with van der Waals surface area (Å²) in [5.41, 5.74) is 2.39. The van der Waals surface area contributed by atoms with E-state index in [1.807, 2.05) is 12.1 Å². The molecule has 0 fully saturated rings. The second-order valence-electron chi connectivity index (χ2n) is 3.80. The van der Waals surface area contributed by atoms with E-state index in [1.165, 1.54) is 11.3 Å². The number of hydrogen-bond donors (Lipinski definition) is 1. The van der Waals surface area contributed by atoms with Crippen molar-refractivity contribution in [2.75, 3.05) is 6.61 Å². The van der Waals surface area contributed by atoms with Gasteiger partial charge in [0.25, 0.3) is 5.91 Å². The van der Waals surface area contributed by atoms with Crippen LogP contribution in [0.4, 0.5) is 0 Å². The molecule has 8 heteroatoms. The Bertz CT molecular complexity index is 676. The third-order valence-electron chi connectivity index (χ3n) is 2.23. The first-order valence-electron chi connectivity index (χ1n) is 5.69. The number of carbonyl (C=O) groups excluding carboxylic acids is 1. The molecule has 2 rings (SSSR count). The van der Waals surface area contributed by atoms with Gasteiger partial charge in [-0.3, -0.25) is 4.79 Å². The Kier molecular flexibility index (Phi) is 6.22. The Morgan fingerprint density at radius 2 is 2.19 bits per heavy atom. The molecule has 0 aliphatic heterocycles. The Morgan fingerprint density at radius 3 is 2.86 bits per heavy atom. The van der Waals surface area contributed by atoms with Crippen molar-refractivity contribution in [1.29, 1.82) is 0 Å². The van der Waals surface area contributed by atoms with Crippen molar-refractivity contribution in [3.05, 3.63) is 48.5 Å². The molecule has 1 aromatic carbocycles. The predicted molar refractivity (Wildman–Crippen MR) is 92.4 cm³/mol. The number of amides is 1. The van der Waals surface area contributed by atoms with Crippen LogP contribution >= 0.6 is 54.8 Å². The van der Waals surface area contributed by atoms with E-state index in [9.17, 15) is 4.79 Å². The van der Waals surface area contributed by atoms with Crippen molar-refractivity contribution in [3.8, 4) is 5.75 Å². The maximum absolute atomic E-state index is 11.6. The molecule has 0 aliphatic carbocycles. The molecule has 0 unspecified atom stereocenters. The molecule has 0 saturated heterocycles. The lowest BCUT2D eigenvalue weighted by atomic mass is 10.3. The van der Waals surface area contributed by atoms with Crippen LogP contribution in [0.5, 0.6) is 5.75 Å². The largest absolute Gasteiger partial charge is 0.482 e. The summed E-state index contributed by atoms with van der Waals surface area (Å²) in [7, 11) is 0. The van der Waals surface area contributed by atoms with Gasteiger partial charge in [-0.05, 0) is 46.3 Å². The van der Waals surface area contributed by atoms with Crippen LogP contribution in [-0.2, 0) is 4.79 Å². The molecule has 21 heavy (non-hydrogen) atoms. The molecule has 1 aromatic heterocycles. The minimum atomic E-state index is -0.360. The van der Waals surface area contributed by atoms with Crippen molar-refractivity contribution in [1.82, 2.24) is 5.43 Å². The number of nitrogens with one attached hydrogen (secondary N) is 1. The number of hydrazone groups is 1. The molecular formula is C13H9Br2ClN2O2S. The Balaban J connectivity index is 1.81. The summed E-state index contributed by atoms with van der Waals surface area (Å²) in [5, 5.41) is 4.28. The van der Waals surface area contributed by atoms with Gasteiger partial charge in [0.2, 0.25) is 0 Å². The molecule has 4 nitrogen and oxygen atoms in total. The first kappa shape index (κ1) is 16.5. The van der Waals surface area contributed by atoms with E-state index in [2.05, 4.69) is 42.4 Å². The van der Waals surface area contributed by atoms with Gasteiger partial charge in [-0.1, -0.05) is 27.5 Å². The van der Waals surface area contributed by atoms with Crippen LogP contribution in [0.25, 0.3) is 0 Å². The molecule has 1 heterocycles. The van der Waals surface area contributed by atoms with Crippen molar-refractivity contribution in [2.24, 2.45) is 5.10 Å². The number of hydrogen-bond acceptors (Lipinski definition) is 4. The number of halogens is 3. The number of nitrogens with zero attached hydrogens (tertiary/aromatic N) is 1. The average Bonchev–Trinajstić information content (AvgIpc) is 2.83. The molecule has 110 valence electrons. The summed E-state index contributed by atoms with van der Waals surface area (Å²) < 4.78 is 7.16. The van der Waals surface area contributed by atoms with Crippen LogP contribution in [0.2, 0.25) is 5.02 Å². The zero-order chi connectivity index (χ0) is 15.2. The fourth-order valence-electron chi connectivity index (χ4n) is 1.33. The lowest BCUT2D eigenvalue weighted by Gasteiger charge is -2.06. The van der Waals surface area contributed by atoms with Crippen LogP contribution in [0.3, 0.4) is 0 Å². The number of benzene rings is 1. The standard InChI is InChI=1S/C13H9Br2ClN2O2S/c14-8-1-3-11(10(16)5-8)20-7-13(19)18-17-6-9-2-4-12(15)21-9/h1-6H,7H2,(H,18,19)/b17-6+. The fourth-order valence-corrected chi connectivity index (χ4v) is 3.36. The average molecular weight is 453 g/mol. The van der Waals surface area contributed by atoms with E-state index < -0.39 is 0 Å². The number of rotatable bonds is 5. The van der Waals surface area contributed by atoms with Gasteiger partial charge in [0, 0.05) is 9.35 Å². The van der Waals surface area contributed by atoms with Gasteiger partial charge in [0.15, 0.2) is 6.61 Å². The second kappa shape index (κ2) is 7.93. The van der Waals surface area contributed by atoms with E-state index in [4.69, 9.17) is 16.3 Å². The highest BCUT2D eigenvalue weighted by Gasteiger charge is 2.05. The van der Waals surface area contributed by atoms with Gasteiger partial charge < -0.3 is 4.74 Å². The third-order valence-corrected chi connectivity index (χ3v) is 4.57. The first-order chi connectivity index (χ1) is 10.0. The Hall–Kier alpha value is -0.890. The molecule has 0 saturated carbocycles. The normalized spacial score (nSPS) is 10.8. The molecule has 0 bridgehead atoms. The summed E-state index contributed by atoms with van der Waals surface area (Å²) in [6.45, 7) is -0.160. The lowest BCUT2D eigenvalue weighted by molar-refractivity contribution is -0.123. The van der Waals surface area contributed by atoms with Crippen molar-refractivity contribution >= 4 is 66.9 Å². The van der Waals surface area contributed by atoms with Crippen LogP contribution in [0.1, 0.15) is 4.88 Å². The summed E-state index contributed by atoms with van der Waals surface area (Å²) in [4.78, 5) is 12.5. The predicted octanol–water partition coefficient (Wildman–Crippen LogP) is 4.46. The molecule has 2 aromatic rings. The van der Waals surface area contributed by atoms with E-state index in [0.717, 1.165) is 13.1 Å². The highest BCUT2D eigenvalue weighted by Crippen LogP contribution is 2.27. The van der Waals surface area contributed by atoms with Crippen molar-refractivity contribution in [3.63, 3.8) is 0 Å². The molecule has 0 aliphatic rings. The molecule has 0 spiro atoms. The third kappa shape index (κ3) is 5.43. The molecule has 0 atom stereocenters. The number of thiophene rings is 1. The van der Waals surface area contributed by atoms with Gasteiger partial charge in [-0.25, -0.2) is 5.43 Å². The van der Waals surface area contributed by atoms with Gasteiger partial charge in [0.05, 0.1) is 15.0 Å². The number of ether oxygens (including phenoxy) is 1. The van der Waals surface area contributed by atoms with Crippen LogP contribution in [0, 0.1) is 0 Å². The second-order valence-corrected chi connectivity index (χ2v) is 7.62. The minimum absolute atomic E-state index is 0.160. The van der Waals surface area contributed by atoms with Gasteiger partial charge in [0.1, 0.15) is 5.75 Å². The molecule has 1 N–H and O–H groups in total. The van der Waals surface area contributed by atoms with E-state index >= 15 is 0 Å². The smallest absolute Gasteiger partial charge is 0.277 e. The summed E-state index contributed by atoms with van der Waals surface area (Å²) in [6, 6.07) is 8.97. The lowest BCUT2D eigenvalue weighted by Crippen LogP contribution is -2.24.